The van der Waals surface area contributed by atoms with Gasteiger partial charge in [-0.3, -0.25) is 5.01 Å². The van der Waals surface area contributed by atoms with Gasteiger partial charge < -0.3 is 0 Å². The van der Waals surface area contributed by atoms with E-state index >= 15 is 0 Å². The highest BCUT2D eigenvalue weighted by Crippen LogP contribution is 2.04. The number of hydrazine groups is 1. The molecule has 5 heteroatoms. The van der Waals surface area contributed by atoms with Gasteiger partial charge in [-0.15, -0.1) is 5.10 Å². The number of aromatic amines is 1. The van der Waals surface area contributed by atoms with Crippen molar-refractivity contribution < 1.29 is 0 Å². The van der Waals surface area contributed by atoms with Gasteiger partial charge in [-0.05, 0) is 13.8 Å². The Hall–Kier alpha value is -1.10. The van der Waals surface area contributed by atoms with Crippen molar-refractivity contribution in [2.45, 2.75) is 19.9 Å². The Balaban J connectivity index is 2.68. The molecule has 0 spiro atoms. The van der Waals surface area contributed by atoms with E-state index in [1.54, 1.807) is 11.2 Å². The molecule has 0 aliphatic carbocycles. The maximum absolute atomic E-state index is 5.59. The second-order valence-corrected chi connectivity index (χ2v) is 2.33. The topological polar surface area (TPSA) is 70.8 Å². The Labute approximate surface area is 59.2 Å². The summed E-state index contributed by atoms with van der Waals surface area (Å²) in [7, 11) is 0. The summed E-state index contributed by atoms with van der Waals surface area (Å²) >= 11 is 0. The fourth-order valence-corrected chi connectivity index (χ4v) is 0.585. The molecule has 1 heterocycles. The predicted octanol–water partition coefficient (Wildman–Crippen LogP) is -0.107. The van der Waals surface area contributed by atoms with Crippen molar-refractivity contribution in [3.05, 3.63) is 6.20 Å². The number of aromatic nitrogens is 3. The fourth-order valence-electron chi connectivity index (χ4n) is 0.585. The van der Waals surface area contributed by atoms with Crippen molar-refractivity contribution >= 4 is 5.82 Å². The zero-order chi connectivity index (χ0) is 7.56. The van der Waals surface area contributed by atoms with Crippen molar-refractivity contribution in [1.29, 1.82) is 0 Å². The van der Waals surface area contributed by atoms with Crippen LogP contribution in [-0.4, -0.2) is 21.5 Å². The molecule has 0 aliphatic heterocycles. The van der Waals surface area contributed by atoms with Gasteiger partial charge in [0.2, 0.25) is 0 Å². The quantitative estimate of drug-likeness (QED) is 0.445. The summed E-state index contributed by atoms with van der Waals surface area (Å²) in [5, 5.41) is 11.5. The molecule has 0 aromatic carbocycles. The molecular weight excluding hydrogens is 130 g/mol. The third-order valence-electron chi connectivity index (χ3n) is 1.22. The molecule has 1 aromatic heterocycles. The molecule has 1 aromatic rings. The maximum Gasteiger partial charge on any atom is 0.185 e. The molecule has 0 aliphatic rings. The molecule has 5 nitrogen and oxygen atoms in total. The van der Waals surface area contributed by atoms with E-state index in [0.717, 1.165) is 0 Å². The van der Waals surface area contributed by atoms with E-state index < -0.39 is 0 Å². The van der Waals surface area contributed by atoms with E-state index in [9.17, 15) is 0 Å². The summed E-state index contributed by atoms with van der Waals surface area (Å²) in [5.74, 6) is 6.26. The van der Waals surface area contributed by atoms with Crippen LogP contribution in [-0.2, 0) is 0 Å². The van der Waals surface area contributed by atoms with E-state index in [4.69, 9.17) is 5.84 Å². The largest absolute Gasteiger partial charge is 0.290 e. The first-order valence-electron chi connectivity index (χ1n) is 3.11. The van der Waals surface area contributed by atoms with Crippen LogP contribution in [0.1, 0.15) is 13.8 Å². The Morgan fingerprint density at radius 3 is 2.80 bits per heavy atom. The van der Waals surface area contributed by atoms with Crippen LogP contribution in [0, 0.1) is 0 Å². The maximum atomic E-state index is 5.59. The Bertz CT molecular complexity index is 180. The average molecular weight is 141 g/mol. The molecule has 0 atom stereocenters. The van der Waals surface area contributed by atoms with Gasteiger partial charge in [-0.25, -0.2) is 5.84 Å². The Morgan fingerprint density at radius 2 is 2.40 bits per heavy atom. The first-order valence-corrected chi connectivity index (χ1v) is 3.11. The normalized spacial score (nSPS) is 10.4. The molecule has 0 saturated heterocycles. The number of nitrogens with zero attached hydrogens (tertiary/aromatic N) is 3. The number of nitrogens with one attached hydrogen (secondary N) is 1. The standard InChI is InChI=1S/C5H11N5/c1-4(2)10(6)5-3-7-9-8-5/h3-4H,6H2,1-2H3,(H,7,8,9). The lowest BCUT2D eigenvalue weighted by Crippen LogP contribution is -2.37. The van der Waals surface area contributed by atoms with Gasteiger partial charge in [0.25, 0.3) is 0 Å². The van der Waals surface area contributed by atoms with Crippen LogP contribution in [0.3, 0.4) is 0 Å². The number of nitrogens with two attached hydrogens (primary N) is 1. The average Bonchev–Trinajstić information content (AvgIpc) is 2.36. The third kappa shape index (κ3) is 1.24. The minimum absolute atomic E-state index is 0.241. The van der Waals surface area contributed by atoms with Crippen LogP contribution in [0.2, 0.25) is 0 Å². The van der Waals surface area contributed by atoms with E-state index in [-0.39, 0.29) is 6.04 Å². The van der Waals surface area contributed by atoms with Crippen LogP contribution < -0.4 is 10.9 Å². The highest BCUT2D eigenvalue weighted by Gasteiger charge is 2.06. The summed E-state index contributed by atoms with van der Waals surface area (Å²) < 4.78 is 0. The molecule has 0 amide bonds. The smallest absolute Gasteiger partial charge is 0.185 e. The van der Waals surface area contributed by atoms with Crippen LogP contribution >= 0.6 is 0 Å². The lowest BCUT2D eigenvalue weighted by atomic mass is 10.4. The van der Waals surface area contributed by atoms with E-state index in [2.05, 4.69) is 15.4 Å². The highest BCUT2D eigenvalue weighted by molar-refractivity contribution is 5.32. The second kappa shape index (κ2) is 2.66. The molecule has 0 fully saturated rings. The second-order valence-electron chi connectivity index (χ2n) is 2.33. The summed E-state index contributed by atoms with van der Waals surface area (Å²) in [6.45, 7) is 3.96. The molecule has 10 heavy (non-hydrogen) atoms. The van der Waals surface area contributed by atoms with Crippen LogP contribution in [0.15, 0.2) is 6.20 Å². The minimum atomic E-state index is 0.241. The van der Waals surface area contributed by atoms with Crippen molar-refractivity contribution in [1.82, 2.24) is 15.4 Å². The van der Waals surface area contributed by atoms with Gasteiger partial charge in [-0.2, -0.15) is 10.3 Å². The first kappa shape index (κ1) is 7.01. The van der Waals surface area contributed by atoms with Gasteiger partial charge in [-0.1, -0.05) is 0 Å². The number of H-pyrrole nitrogens is 1. The van der Waals surface area contributed by atoms with E-state index in [0.29, 0.717) is 5.82 Å². The van der Waals surface area contributed by atoms with Gasteiger partial charge in [0, 0.05) is 6.04 Å². The molecule has 0 saturated carbocycles. The van der Waals surface area contributed by atoms with Crippen LogP contribution in [0.25, 0.3) is 0 Å². The lowest BCUT2D eigenvalue weighted by molar-refractivity contribution is 0.698. The molecule has 1 rings (SSSR count). The number of hydrogen-bond donors (Lipinski definition) is 2. The molecule has 56 valence electrons. The van der Waals surface area contributed by atoms with E-state index in [1.807, 2.05) is 13.8 Å². The lowest BCUT2D eigenvalue weighted by Gasteiger charge is -2.18. The third-order valence-corrected chi connectivity index (χ3v) is 1.22. The summed E-state index contributed by atoms with van der Waals surface area (Å²) in [4.78, 5) is 0. The van der Waals surface area contributed by atoms with Gasteiger partial charge in [0.1, 0.15) is 0 Å². The summed E-state index contributed by atoms with van der Waals surface area (Å²) in [6, 6.07) is 0.241. The van der Waals surface area contributed by atoms with Crippen LogP contribution in [0.4, 0.5) is 5.82 Å². The van der Waals surface area contributed by atoms with Gasteiger partial charge in [0.05, 0.1) is 6.20 Å². The molecule has 0 unspecified atom stereocenters. The molecule has 0 radical (unpaired) electrons. The van der Waals surface area contributed by atoms with Crippen molar-refractivity contribution in [3.8, 4) is 0 Å². The summed E-state index contributed by atoms with van der Waals surface area (Å²) in [5.41, 5.74) is 0. The van der Waals surface area contributed by atoms with Crippen molar-refractivity contribution in [2.75, 3.05) is 5.01 Å². The zero-order valence-corrected chi connectivity index (χ0v) is 6.07. The van der Waals surface area contributed by atoms with Crippen molar-refractivity contribution in [3.63, 3.8) is 0 Å². The van der Waals surface area contributed by atoms with Gasteiger partial charge in [0.15, 0.2) is 5.82 Å². The SMILES string of the molecule is CC(C)N(N)c1cn[nH]n1. The fraction of sp³-hybridized carbons (Fsp3) is 0.600. The molecular formula is C5H11N5. The highest BCUT2D eigenvalue weighted by atomic mass is 15.5. The predicted molar refractivity (Wildman–Crippen MR) is 38.2 cm³/mol. The Morgan fingerprint density at radius 1 is 1.70 bits per heavy atom. The minimum Gasteiger partial charge on any atom is -0.290 e. The number of hydrogen-bond acceptors (Lipinski definition) is 4. The summed E-state index contributed by atoms with van der Waals surface area (Å²) in [6.07, 6.45) is 1.58. The molecule has 0 bridgehead atoms. The van der Waals surface area contributed by atoms with Gasteiger partial charge >= 0.3 is 0 Å². The number of anilines is 1. The number of rotatable bonds is 2. The van der Waals surface area contributed by atoms with Crippen LogP contribution in [0.5, 0.6) is 0 Å². The Kier molecular flexibility index (Phi) is 1.86. The van der Waals surface area contributed by atoms with E-state index in [1.165, 1.54) is 0 Å². The molecule has 3 N–H and O–H groups in total. The van der Waals surface area contributed by atoms with Crippen molar-refractivity contribution in [2.24, 2.45) is 5.84 Å². The zero-order valence-electron chi connectivity index (χ0n) is 6.07. The first-order chi connectivity index (χ1) is 4.72. The monoisotopic (exact) mass is 141 g/mol.